The molecule has 0 aromatic rings. The van der Waals surface area contributed by atoms with Crippen LogP contribution in [-0.2, 0) is 19.0 Å². The van der Waals surface area contributed by atoms with Crippen molar-refractivity contribution >= 4 is 18.2 Å². The quantitative estimate of drug-likeness (QED) is 0.268. The highest BCUT2D eigenvalue weighted by molar-refractivity contribution is 5.81. The van der Waals surface area contributed by atoms with Crippen LogP contribution in [-0.4, -0.2) is 49.6 Å². The van der Waals surface area contributed by atoms with Crippen LogP contribution >= 0.6 is 0 Å². The summed E-state index contributed by atoms with van der Waals surface area (Å²) in [5.74, 6) is 1.85. The van der Waals surface area contributed by atoms with Crippen molar-refractivity contribution in [1.29, 1.82) is 0 Å². The molecule has 8 heteroatoms. The van der Waals surface area contributed by atoms with Gasteiger partial charge in [-0.3, -0.25) is 0 Å². The fourth-order valence-electron chi connectivity index (χ4n) is 1.96. The first kappa shape index (κ1) is 22.6. The summed E-state index contributed by atoms with van der Waals surface area (Å²) in [5.41, 5.74) is -0.833. The van der Waals surface area contributed by atoms with E-state index in [9.17, 15) is 14.4 Å². The standard InChI is InChI=1S/C17H28N2O6/c1-6-9-10-11-25-16(22)19-17(4,5)12-13(14(20)23-7-2)18-15(21)24-8-3/h1,13H,7-12H2,2-5H3,(H,18,21)(H,19,22). The van der Waals surface area contributed by atoms with Gasteiger partial charge in [0.25, 0.3) is 0 Å². The monoisotopic (exact) mass is 356 g/mol. The smallest absolute Gasteiger partial charge is 0.407 e. The Hall–Kier alpha value is -2.43. The second-order valence-corrected chi connectivity index (χ2v) is 5.83. The van der Waals surface area contributed by atoms with Crippen molar-refractivity contribution in [3.63, 3.8) is 0 Å². The van der Waals surface area contributed by atoms with Crippen molar-refractivity contribution in [1.82, 2.24) is 10.6 Å². The number of carbonyl (C=O) groups excluding carboxylic acids is 3. The van der Waals surface area contributed by atoms with Crippen molar-refractivity contribution in [3.05, 3.63) is 0 Å². The van der Waals surface area contributed by atoms with Crippen LogP contribution < -0.4 is 10.6 Å². The third-order valence-corrected chi connectivity index (χ3v) is 2.99. The Morgan fingerprint density at radius 2 is 1.72 bits per heavy atom. The van der Waals surface area contributed by atoms with Crippen LogP contribution in [0.2, 0.25) is 0 Å². The first-order chi connectivity index (χ1) is 11.8. The Balaban J connectivity index is 4.70. The van der Waals surface area contributed by atoms with Gasteiger partial charge in [-0.2, -0.15) is 0 Å². The number of amides is 2. The zero-order valence-corrected chi connectivity index (χ0v) is 15.3. The van der Waals surface area contributed by atoms with Crippen LogP contribution in [0.5, 0.6) is 0 Å². The molecular weight excluding hydrogens is 328 g/mol. The lowest BCUT2D eigenvalue weighted by Gasteiger charge is -2.29. The molecule has 0 radical (unpaired) electrons. The molecule has 25 heavy (non-hydrogen) atoms. The van der Waals surface area contributed by atoms with Crippen LogP contribution in [0.25, 0.3) is 0 Å². The summed E-state index contributed by atoms with van der Waals surface area (Å²) in [6.07, 6.45) is 4.96. The second kappa shape index (κ2) is 12.0. The Kier molecular flexibility index (Phi) is 10.8. The number of rotatable bonds is 10. The first-order valence-corrected chi connectivity index (χ1v) is 8.24. The number of terminal acetylenes is 1. The lowest BCUT2D eigenvalue weighted by molar-refractivity contribution is -0.146. The van der Waals surface area contributed by atoms with E-state index in [1.165, 1.54) is 0 Å². The van der Waals surface area contributed by atoms with E-state index in [0.717, 1.165) is 0 Å². The number of carbonyl (C=O) groups is 3. The van der Waals surface area contributed by atoms with Gasteiger partial charge in [-0.05, 0) is 34.1 Å². The van der Waals surface area contributed by atoms with Gasteiger partial charge in [0.1, 0.15) is 6.04 Å². The van der Waals surface area contributed by atoms with Gasteiger partial charge >= 0.3 is 18.2 Å². The average molecular weight is 356 g/mol. The van der Waals surface area contributed by atoms with Crippen molar-refractivity contribution < 1.29 is 28.6 Å². The Bertz CT molecular complexity index is 484. The molecule has 0 rings (SSSR count). The van der Waals surface area contributed by atoms with Crippen LogP contribution in [0.1, 0.15) is 47.0 Å². The predicted molar refractivity (Wildman–Crippen MR) is 91.8 cm³/mol. The SMILES string of the molecule is C#CCCCOC(=O)NC(C)(C)CC(NC(=O)OCC)C(=O)OCC. The molecule has 0 aromatic heterocycles. The maximum Gasteiger partial charge on any atom is 0.407 e. The largest absolute Gasteiger partial charge is 0.464 e. The number of hydrogen-bond acceptors (Lipinski definition) is 6. The third kappa shape index (κ3) is 10.9. The van der Waals surface area contributed by atoms with E-state index in [0.29, 0.717) is 12.8 Å². The molecular formula is C17H28N2O6. The molecule has 0 bridgehead atoms. The lowest BCUT2D eigenvalue weighted by Crippen LogP contribution is -2.52. The molecule has 8 nitrogen and oxygen atoms in total. The summed E-state index contributed by atoms with van der Waals surface area (Å²) in [5, 5.41) is 5.09. The fraction of sp³-hybridized carbons (Fsp3) is 0.706. The zero-order valence-electron chi connectivity index (χ0n) is 15.3. The van der Waals surface area contributed by atoms with Gasteiger partial charge in [0.15, 0.2) is 0 Å². The minimum Gasteiger partial charge on any atom is -0.464 e. The van der Waals surface area contributed by atoms with Gasteiger partial charge in [0.2, 0.25) is 0 Å². The van der Waals surface area contributed by atoms with Crippen LogP contribution in [0.3, 0.4) is 0 Å². The van der Waals surface area contributed by atoms with Gasteiger partial charge in [-0.15, -0.1) is 12.3 Å². The molecule has 0 spiro atoms. The first-order valence-electron chi connectivity index (χ1n) is 8.24. The summed E-state index contributed by atoms with van der Waals surface area (Å²) in [6.45, 7) is 7.27. The fourth-order valence-corrected chi connectivity index (χ4v) is 1.96. The summed E-state index contributed by atoms with van der Waals surface area (Å²) in [6, 6.07) is -0.962. The summed E-state index contributed by atoms with van der Waals surface area (Å²) < 4.78 is 14.8. The van der Waals surface area contributed by atoms with Crippen molar-refractivity contribution in [2.24, 2.45) is 0 Å². The zero-order chi connectivity index (χ0) is 19.3. The van der Waals surface area contributed by atoms with Crippen LogP contribution in [0.15, 0.2) is 0 Å². The third-order valence-electron chi connectivity index (χ3n) is 2.99. The van der Waals surface area contributed by atoms with E-state index < -0.39 is 29.7 Å². The molecule has 1 atom stereocenters. The van der Waals surface area contributed by atoms with Gasteiger partial charge in [-0.1, -0.05) is 0 Å². The summed E-state index contributed by atoms with van der Waals surface area (Å²) >= 11 is 0. The molecule has 0 aliphatic rings. The van der Waals surface area contributed by atoms with Gasteiger partial charge < -0.3 is 24.8 Å². The normalized spacial score (nSPS) is 11.6. The van der Waals surface area contributed by atoms with Gasteiger partial charge in [0, 0.05) is 18.4 Å². The molecule has 0 fully saturated rings. The molecule has 2 amide bonds. The topological polar surface area (TPSA) is 103 Å². The molecule has 1 unspecified atom stereocenters. The minimum absolute atomic E-state index is 0.101. The molecule has 0 heterocycles. The average Bonchev–Trinajstić information content (AvgIpc) is 2.50. The van der Waals surface area contributed by atoms with Gasteiger partial charge in [-0.25, -0.2) is 14.4 Å². The number of nitrogens with one attached hydrogen (secondary N) is 2. The van der Waals surface area contributed by atoms with E-state index in [1.807, 2.05) is 0 Å². The van der Waals surface area contributed by atoms with Crippen molar-refractivity contribution in [2.45, 2.75) is 58.5 Å². The Morgan fingerprint density at radius 1 is 1.08 bits per heavy atom. The Morgan fingerprint density at radius 3 is 2.28 bits per heavy atom. The number of unbranched alkanes of at least 4 members (excludes halogenated alkanes) is 1. The van der Waals surface area contributed by atoms with Crippen molar-refractivity contribution in [3.8, 4) is 12.3 Å². The van der Waals surface area contributed by atoms with E-state index in [4.69, 9.17) is 20.6 Å². The maximum atomic E-state index is 12.0. The summed E-state index contributed by atoms with van der Waals surface area (Å²) in [7, 11) is 0. The lowest BCUT2D eigenvalue weighted by atomic mass is 9.95. The number of esters is 1. The number of hydrogen-bond donors (Lipinski definition) is 2. The van der Waals surface area contributed by atoms with E-state index in [-0.39, 0.29) is 26.2 Å². The molecule has 0 saturated carbocycles. The Labute approximate surface area is 149 Å². The second-order valence-electron chi connectivity index (χ2n) is 5.83. The minimum atomic E-state index is -0.962. The van der Waals surface area contributed by atoms with Crippen LogP contribution in [0.4, 0.5) is 9.59 Å². The summed E-state index contributed by atoms with van der Waals surface area (Å²) in [4.78, 5) is 35.4. The van der Waals surface area contributed by atoms with E-state index in [1.54, 1.807) is 27.7 Å². The molecule has 0 saturated heterocycles. The molecule has 0 aliphatic heterocycles. The highest BCUT2D eigenvalue weighted by Crippen LogP contribution is 2.14. The van der Waals surface area contributed by atoms with E-state index >= 15 is 0 Å². The maximum absolute atomic E-state index is 12.0. The molecule has 142 valence electrons. The van der Waals surface area contributed by atoms with Crippen LogP contribution in [0, 0.1) is 12.3 Å². The van der Waals surface area contributed by atoms with Crippen molar-refractivity contribution in [2.75, 3.05) is 19.8 Å². The number of ether oxygens (including phenoxy) is 3. The molecule has 0 aliphatic carbocycles. The highest BCUT2D eigenvalue weighted by atomic mass is 16.6. The predicted octanol–water partition coefficient (Wildman–Crippen LogP) is 1.97. The number of alkyl carbamates (subject to hydrolysis) is 2. The van der Waals surface area contributed by atoms with Gasteiger partial charge in [0.05, 0.1) is 19.8 Å². The molecule has 2 N–H and O–H groups in total. The molecule has 0 aromatic carbocycles. The van der Waals surface area contributed by atoms with E-state index in [2.05, 4.69) is 16.6 Å². The highest BCUT2D eigenvalue weighted by Gasteiger charge is 2.32.